The van der Waals surface area contributed by atoms with Gasteiger partial charge in [0.15, 0.2) is 0 Å². The molecule has 2 aromatic carbocycles. The van der Waals surface area contributed by atoms with E-state index in [2.05, 4.69) is 5.32 Å². The van der Waals surface area contributed by atoms with E-state index in [0.717, 1.165) is 5.56 Å². The summed E-state index contributed by atoms with van der Waals surface area (Å²) in [6.07, 6.45) is 3.01. The zero-order valence-electron chi connectivity index (χ0n) is 15.2. The Morgan fingerprint density at radius 1 is 1.07 bits per heavy atom. The molecule has 1 N–H and O–H groups in total. The molecule has 0 radical (unpaired) electrons. The molecule has 27 heavy (non-hydrogen) atoms. The SMILES string of the molecule is CCN(CC)S(=O)(=O)c1ccc(NC(=O)/C=C/c2ccc(C#N)cc2)cc1. The molecule has 140 valence electrons. The van der Waals surface area contributed by atoms with Crippen LogP contribution in [0, 0.1) is 11.3 Å². The Hall–Kier alpha value is -2.95. The molecule has 0 spiro atoms. The van der Waals surface area contributed by atoms with Gasteiger partial charge in [0.2, 0.25) is 15.9 Å². The summed E-state index contributed by atoms with van der Waals surface area (Å²) in [7, 11) is -3.51. The number of nitrogens with zero attached hydrogens (tertiary/aromatic N) is 2. The van der Waals surface area contributed by atoms with E-state index in [1.165, 1.54) is 22.5 Å². The highest BCUT2D eigenvalue weighted by Gasteiger charge is 2.21. The van der Waals surface area contributed by atoms with Crippen LogP contribution in [0.3, 0.4) is 0 Å². The van der Waals surface area contributed by atoms with Crippen LogP contribution in [0.1, 0.15) is 25.0 Å². The first kappa shape index (κ1) is 20.4. The molecular formula is C20H21N3O3S. The Bertz CT molecular complexity index is 953. The van der Waals surface area contributed by atoms with Gasteiger partial charge in [0, 0.05) is 24.9 Å². The summed E-state index contributed by atoms with van der Waals surface area (Å²) < 4.78 is 26.3. The number of rotatable bonds is 7. The Morgan fingerprint density at radius 3 is 2.19 bits per heavy atom. The quantitative estimate of drug-likeness (QED) is 0.743. The molecule has 1 amide bonds. The predicted molar refractivity (Wildman–Crippen MR) is 105 cm³/mol. The van der Waals surface area contributed by atoms with E-state index in [-0.39, 0.29) is 10.8 Å². The van der Waals surface area contributed by atoms with E-state index in [1.54, 1.807) is 56.3 Å². The second kappa shape index (κ2) is 9.12. The van der Waals surface area contributed by atoms with Crippen LogP contribution in [0.15, 0.2) is 59.5 Å². The Kier molecular flexibility index (Phi) is 6.88. The van der Waals surface area contributed by atoms with Crippen molar-refractivity contribution in [3.63, 3.8) is 0 Å². The summed E-state index contributed by atoms with van der Waals surface area (Å²) in [5.41, 5.74) is 1.85. The number of anilines is 1. The van der Waals surface area contributed by atoms with E-state index in [9.17, 15) is 13.2 Å². The molecule has 0 saturated heterocycles. The first-order valence-electron chi connectivity index (χ1n) is 8.50. The fourth-order valence-corrected chi connectivity index (χ4v) is 3.91. The number of nitriles is 1. The number of carbonyl (C=O) groups is 1. The van der Waals surface area contributed by atoms with Gasteiger partial charge in [-0.25, -0.2) is 8.42 Å². The van der Waals surface area contributed by atoms with E-state index in [0.29, 0.717) is 24.3 Å². The average molecular weight is 383 g/mol. The summed E-state index contributed by atoms with van der Waals surface area (Å²) in [5, 5.41) is 11.5. The molecule has 0 aromatic heterocycles. The first-order chi connectivity index (χ1) is 12.9. The molecule has 0 aliphatic heterocycles. The lowest BCUT2D eigenvalue weighted by molar-refractivity contribution is -0.111. The summed E-state index contributed by atoms with van der Waals surface area (Å²) in [6, 6.07) is 14.9. The first-order valence-corrected chi connectivity index (χ1v) is 9.94. The van der Waals surface area contributed by atoms with E-state index >= 15 is 0 Å². The van der Waals surface area contributed by atoms with Crippen molar-refractivity contribution in [1.82, 2.24) is 4.31 Å². The van der Waals surface area contributed by atoms with Crippen LogP contribution in [0.5, 0.6) is 0 Å². The third-order valence-electron chi connectivity index (χ3n) is 3.93. The third-order valence-corrected chi connectivity index (χ3v) is 6.00. The van der Waals surface area contributed by atoms with Crippen LogP contribution in [0.25, 0.3) is 6.08 Å². The lowest BCUT2D eigenvalue weighted by atomic mass is 10.1. The molecule has 0 fully saturated rings. The highest BCUT2D eigenvalue weighted by Crippen LogP contribution is 2.18. The van der Waals surface area contributed by atoms with Crippen molar-refractivity contribution in [3.8, 4) is 6.07 Å². The molecule has 0 aliphatic carbocycles. The number of amides is 1. The summed E-state index contributed by atoms with van der Waals surface area (Å²) in [5.74, 6) is -0.335. The zero-order chi connectivity index (χ0) is 19.9. The minimum atomic E-state index is -3.51. The highest BCUT2D eigenvalue weighted by atomic mass is 32.2. The number of hydrogen-bond donors (Lipinski definition) is 1. The van der Waals surface area contributed by atoms with Crippen LogP contribution >= 0.6 is 0 Å². The van der Waals surface area contributed by atoms with Crippen LogP contribution < -0.4 is 5.32 Å². The largest absolute Gasteiger partial charge is 0.323 e. The second-order valence-corrected chi connectivity index (χ2v) is 7.61. The van der Waals surface area contributed by atoms with Crippen LogP contribution in [0.4, 0.5) is 5.69 Å². The summed E-state index contributed by atoms with van der Waals surface area (Å²) >= 11 is 0. The molecule has 6 nitrogen and oxygen atoms in total. The van der Waals surface area contributed by atoms with Crippen molar-refractivity contribution in [2.24, 2.45) is 0 Å². The Morgan fingerprint density at radius 2 is 1.67 bits per heavy atom. The predicted octanol–water partition coefficient (Wildman–Crippen LogP) is 3.24. The number of nitrogens with one attached hydrogen (secondary N) is 1. The standard InChI is InChI=1S/C20H21N3O3S/c1-3-23(4-2)27(25,26)19-12-10-18(11-13-19)22-20(24)14-9-16-5-7-17(15-21)8-6-16/h5-14H,3-4H2,1-2H3,(H,22,24)/b14-9+. The third kappa shape index (κ3) is 5.26. The van der Waals surface area contributed by atoms with Crippen molar-refractivity contribution < 1.29 is 13.2 Å². The van der Waals surface area contributed by atoms with Crippen LogP contribution in [-0.2, 0) is 14.8 Å². The normalized spacial score (nSPS) is 11.5. The van der Waals surface area contributed by atoms with Crippen molar-refractivity contribution >= 4 is 27.7 Å². The van der Waals surface area contributed by atoms with Crippen LogP contribution in [0.2, 0.25) is 0 Å². The Balaban J connectivity index is 2.04. The lowest BCUT2D eigenvalue weighted by Crippen LogP contribution is -2.30. The maximum atomic E-state index is 12.4. The van der Waals surface area contributed by atoms with Crippen LogP contribution in [-0.4, -0.2) is 31.7 Å². The fourth-order valence-electron chi connectivity index (χ4n) is 2.45. The van der Waals surface area contributed by atoms with E-state index in [1.807, 2.05) is 6.07 Å². The number of benzene rings is 2. The topological polar surface area (TPSA) is 90.3 Å². The molecule has 2 rings (SSSR count). The van der Waals surface area contributed by atoms with Gasteiger partial charge in [-0.05, 0) is 48.0 Å². The highest BCUT2D eigenvalue weighted by molar-refractivity contribution is 7.89. The molecular weight excluding hydrogens is 362 g/mol. The van der Waals surface area contributed by atoms with Gasteiger partial charge in [0.1, 0.15) is 0 Å². The van der Waals surface area contributed by atoms with Crippen molar-refractivity contribution in [2.45, 2.75) is 18.7 Å². The fraction of sp³-hybridized carbons (Fsp3) is 0.200. The van der Waals surface area contributed by atoms with Gasteiger partial charge < -0.3 is 5.32 Å². The van der Waals surface area contributed by atoms with Gasteiger partial charge >= 0.3 is 0 Å². The average Bonchev–Trinajstić information content (AvgIpc) is 2.68. The molecule has 0 aliphatic rings. The number of carbonyl (C=O) groups excluding carboxylic acids is 1. The van der Waals surface area contributed by atoms with Crippen molar-refractivity contribution in [1.29, 1.82) is 5.26 Å². The summed E-state index contributed by atoms with van der Waals surface area (Å²) in [4.78, 5) is 12.2. The van der Waals surface area contributed by atoms with Gasteiger partial charge in [-0.3, -0.25) is 4.79 Å². The molecule has 0 saturated carbocycles. The molecule has 0 bridgehead atoms. The van der Waals surface area contributed by atoms with Gasteiger partial charge in [-0.15, -0.1) is 0 Å². The number of sulfonamides is 1. The van der Waals surface area contributed by atoms with Gasteiger partial charge in [0.25, 0.3) is 0 Å². The van der Waals surface area contributed by atoms with Crippen molar-refractivity contribution in [3.05, 3.63) is 65.7 Å². The summed E-state index contributed by atoms with van der Waals surface area (Å²) in [6.45, 7) is 4.38. The zero-order valence-corrected chi connectivity index (χ0v) is 16.0. The second-order valence-electron chi connectivity index (χ2n) is 5.67. The Labute approximate surface area is 159 Å². The lowest BCUT2D eigenvalue weighted by Gasteiger charge is -2.18. The van der Waals surface area contributed by atoms with Gasteiger partial charge in [-0.2, -0.15) is 9.57 Å². The molecule has 2 aromatic rings. The monoisotopic (exact) mass is 383 g/mol. The maximum absolute atomic E-state index is 12.4. The van der Waals surface area contributed by atoms with Gasteiger partial charge in [-0.1, -0.05) is 26.0 Å². The smallest absolute Gasteiger partial charge is 0.248 e. The van der Waals surface area contributed by atoms with Crippen molar-refractivity contribution in [2.75, 3.05) is 18.4 Å². The molecule has 0 heterocycles. The van der Waals surface area contributed by atoms with Gasteiger partial charge in [0.05, 0.1) is 16.5 Å². The minimum absolute atomic E-state index is 0.192. The minimum Gasteiger partial charge on any atom is -0.323 e. The number of hydrogen-bond acceptors (Lipinski definition) is 4. The van der Waals surface area contributed by atoms with E-state index in [4.69, 9.17) is 5.26 Å². The van der Waals surface area contributed by atoms with E-state index < -0.39 is 10.0 Å². The molecule has 0 atom stereocenters. The molecule has 7 heteroatoms. The maximum Gasteiger partial charge on any atom is 0.248 e. The molecule has 0 unspecified atom stereocenters.